The minimum Gasteiger partial charge on any atom is -0.477 e. The van der Waals surface area contributed by atoms with Crippen LogP contribution in [-0.2, 0) is 30.3 Å². The number of carbonyl (C=O) groups excluding carboxylic acids is 3. The number of carboxylic acid groups (broad SMARTS) is 1. The molecule has 0 aliphatic rings. The summed E-state index contributed by atoms with van der Waals surface area (Å²) < 4.78 is 16.7. The standard InChI is InChI=1S/C29H45NO8/c1-10-18(4)25(32)36-22-14-13-21(15-23(22)37-26(33)19(5)11-2)16-29(27(34)35,30-20(6)12-3)38-24(31)17-28(7,8)9/h13-15,18-20,30H,10-12,16-17H2,1-9H3,(H,34,35)/t18?,19?,20?,29-/m0/s1. The number of esters is 3. The zero-order chi connectivity index (χ0) is 29.3. The van der Waals surface area contributed by atoms with E-state index in [4.69, 9.17) is 14.2 Å². The third-order valence-corrected chi connectivity index (χ3v) is 6.31. The van der Waals surface area contributed by atoms with Gasteiger partial charge in [0.1, 0.15) is 0 Å². The highest BCUT2D eigenvalue weighted by atomic mass is 16.6. The average Bonchev–Trinajstić information content (AvgIpc) is 2.82. The molecule has 0 aliphatic heterocycles. The van der Waals surface area contributed by atoms with Gasteiger partial charge in [-0.1, -0.05) is 61.5 Å². The van der Waals surface area contributed by atoms with Gasteiger partial charge < -0.3 is 19.3 Å². The summed E-state index contributed by atoms with van der Waals surface area (Å²) in [6.45, 7) is 16.4. The molecule has 0 saturated heterocycles. The van der Waals surface area contributed by atoms with Crippen molar-refractivity contribution >= 4 is 23.9 Å². The van der Waals surface area contributed by atoms with Crippen LogP contribution in [0.3, 0.4) is 0 Å². The lowest BCUT2D eigenvalue weighted by atomic mass is 9.92. The second-order valence-electron chi connectivity index (χ2n) is 11.2. The van der Waals surface area contributed by atoms with Crippen molar-refractivity contribution in [2.24, 2.45) is 17.3 Å². The van der Waals surface area contributed by atoms with Crippen molar-refractivity contribution in [3.05, 3.63) is 23.8 Å². The van der Waals surface area contributed by atoms with Crippen LogP contribution in [0.1, 0.15) is 93.6 Å². The molecule has 4 atom stereocenters. The molecule has 214 valence electrons. The van der Waals surface area contributed by atoms with E-state index in [-0.39, 0.29) is 36.3 Å². The number of carbonyl (C=O) groups is 4. The van der Waals surface area contributed by atoms with Crippen LogP contribution in [0.15, 0.2) is 18.2 Å². The van der Waals surface area contributed by atoms with Crippen LogP contribution in [0, 0.1) is 17.3 Å². The Morgan fingerprint density at radius 2 is 1.39 bits per heavy atom. The minimum absolute atomic E-state index is 0.00620. The van der Waals surface area contributed by atoms with E-state index in [1.54, 1.807) is 26.8 Å². The molecule has 0 amide bonds. The molecule has 1 rings (SSSR count). The van der Waals surface area contributed by atoms with Crippen LogP contribution in [-0.4, -0.2) is 40.8 Å². The van der Waals surface area contributed by atoms with Crippen LogP contribution in [0.2, 0.25) is 0 Å². The Morgan fingerprint density at radius 1 is 0.868 bits per heavy atom. The molecule has 0 aromatic heterocycles. The number of hydrogen-bond acceptors (Lipinski definition) is 8. The normalized spacial score (nSPS) is 15.5. The quantitative estimate of drug-likeness (QED) is 0.186. The second kappa shape index (κ2) is 14.3. The molecule has 0 saturated carbocycles. The molecule has 0 aliphatic carbocycles. The maximum atomic E-state index is 12.8. The van der Waals surface area contributed by atoms with Crippen molar-refractivity contribution in [1.82, 2.24) is 5.32 Å². The number of nitrogens with one attached hydrogen (secondary N) is 1. The summed E-state index contributed by atoms with van der Waals surface area (Å²) in [6, 6.07) is 4.19. The molecule has 0 radical (unpaired) electrons. The maximum Gasteiger partial charge on any atom is 0.364 e. The van der Waals surface area contributed by atoms with Gasteiger partial charge in [0.15, 0.2) is 11.5 Å². The van der Waals surface area contributed by atoms with Crippen LogP contribution in [0.5, 0.6) is 11.5 Å². The first-order valence-corrected chi connectivity index (χ1v) is 13.4. The summed E-state index contributed by atoms with van der Waals surface area (Å²) >= 11 is 0. The Morgan fingerprint density at radius 3 is 1.84 bits per heavy atom. The highest BCUT2D eigenvalue weighted by molar-refractivity contribution is 5.82. The average molecular weight is 536 g/mol. The lowest BCUT2D eigenvalue weighted by Gasteiger charge is -2.34. The van der Waals surface area contributed by atoms with Crippen molar-refractivity contribution in [2.75, 3.05) is 0 Å². The number of hydrogen-bond donors (Lipinski definition) is 2. The summed E-state index contributed by atoms with van der Waals surface area (Å²) in [5, 5.41) is 13.2. The van der Waals surface area contributed by atoms with Crippen molar-refractivity contribution in [3.63, 3.8) is 0 Å². The van der Waals surface area contributed by atoms with Gasteiger partial charge >= 0.3 is 23.9 Å². The monoisotopic (exact) mass is 535 g/mol. The summed E-state index contributed by atoms with van der Waals surface area (Å²) in [5.74, 6) is -3.72. The molecule has 1 aromatic carbocycles. The summed E-state index contributed by atoms with van der Waals surface area (Å²) in [6.07, 6.45) is 1.48. The number of aliphatic carboxylic acids is 1. The molecular formula is C29H45NO8. The maximum absolute atomic E-state index is 12.8. The zero-order valence-electron chi connectivity index (χ0n) is 24.3. The number of rotatable bonds is 14. The first-order chi connectivity index (χ1) is 17.6. The van der Waals surface area contributed by atoms with Crippen LogP contribution >= 0.6 is 0 Å². The first-order valence-electron chi connectivity index (χ1n) is 13.4. The Bertz CT molecular complexity index is 983. The highest BCUT2D eigenvalue weighted by Gasteiger charge is 2.44. The molecule has 9 heteroatoms. The lowest BCUT2D eigenvalue weighted by molar-refractivity contribution is -0.185. The summed E-state index contributed by atoms with van der Waals surface area (Å²) in [7, 11) is 0. The lowest BCUT2D eigenvalue weighted by Crippen LogP contribution is -2.59. The molecule has 0 heterocycles. The molecule has 9 nitrogen and oxygen atoms in total. The van der Waals surface area contributed by atoms with Gasteiger partial charge in [0.25, 0.3) is 5.72 Å². The Hall–Kier alpha value is -2.94. The van der Waals surface area contributed by atoms with E-state index >= 15 is 0 Å². The van der Waals surface area contributed by atoms with Gasteiger partial charge in [0.2, 0.25) is 0 Å². The van der Waals surface area contributed by atoms with Crippen molar-refractivity contribution < 1.29 is 38.5 Å². The number of carboxylic acids is 1. The fraction of sp³-hybridized carbons (Fsp3) is 0.655. The van der Waals surface area contributed by atoms with Gasteiger partial charge in [-0.25, -0.2) is 4.79 Å². The fourth-order valence-electron chi connectivity index (χ4n) is 3.33. The molecule has 0 bridgehead atoms. The molecule has 2 N–H and O–H groups in total. The molecule has 0 fully saturated rings. The predicted molar refractivity (Wildman–Crippen MR) is 144 cm³/mol. The Balaban J connectivity index is 3.52. The highest BCUT2D eigenvalue weighted by Crippen LogP contribution is 2.33. The summed E-state index contributed by atoms with van der Waals surface area (Å²) in [5.41, 5.74) is -2.07. The zero-order valence-corrected chi connectivity index (χ0v) is 24.3. The third kappa shape index (κ3) is 10.1. The van der Waals surface area contributed by atoms with Crippen molar-refractivity contribution in [3.8, 4) is 11.5 Å². The van der Waals surface area contributed by atoms with E-state index in [9.17, 15) is 24.3 Å². The Labute approximate surface area is 226 Å². The van der Waals surface area contributed by atoms with Crippen molar-refractivity contribution in [1.29, 1.82) is 0 Å². The van der Waals surface area contributed by atoms with Gasteiger partial charge in [0.05, 0.1) is 18.3 Å². The smallest absolute Gasteiger partial charge is 0.364 e. The largest absolute Gasteiger partial charge is 0.477 e. The minimum atomic E-state index is -2.06. The van der Waals surface area contributed by atoms with Gasteiger partial charge in [-0.15, -0.1) is 0 Å². The van der Waals surface area contributed by atoms with E-state index in [2.05, 4.69) is 5.32 Å². The fourth-order valence-corrected chi connectivity index (χ4v) is 3.33. The van der Waals surface area contributed by atoms with Crippen LogP contribution in [0.4, 0.5) is 0 Å². The second-order valence-corrected chi connectivity index (χ2v) is 11.2. The van der Waals surface area contributed by atoms with E-state index in [1.165, 1.54) is 12.1 Å². The van der Waals surface area contributed by atoms with E-state index in [0.717, 1.165) is 0 Å². The van der Waals surface area contributed by atoms with Crippen molar-refractivity contribution in [2.45, 2.75) is 106 Å². The molecule has 1 aromatic rings. The van der Waals surface area contributed by atoms with E-state index in [0.29, 0.717) is 24.8 Å². The number of benzene rings is 1. The summed E-state index contributed by atoms with van der Waals surface area (Å²) in [4.78, 5) is 50.4. The van der Waals surface area contributed by atoms with Gasteiger partial charge in [-0.05, 0) is 49.3 Å². The molecular weight excluding hydrogens is 490 g/mol. The predicted octanol–water partition coefficient (Wildman–Crippen LogP) is 5.28. The third-order valence-electron chi connectivity index (χ3n) is 6.31. The molecule has 38 heavy (non-hydrogen) atoms. The number of ether oxygens (including phenoxy) is 3. The van der Waals surface area contributed by atoms with Gasteiger partial charge in [0, 0.05) is 12.5 Å². The van der Waals surface area contributed by atoms with Crippen LogP contribution < -0.4 is 14.8 Å². The first kappa shape index (κ1) is 33.1. The van der Waals surface area contributed by atoms with E-state index < -0.39 is 40.9 Å². The Kier molecular flexibility index (Phi) is 12.4. The van der Waals surface area contributed by atoms with E-state index in [1.807, 2.05) is 41.5 Å². The van der Waals surface area contributed by atoms with Gasteiger partial charge in [-0.2, -0.15) is 0 Å². The van der Waals surface area contributed by atoms with Gasteiger partial charge in [-0.3, -0.25) is 19.7 Å². The van der Waals surface area contributed by atoms with Crippen LogP contribution in [0.25, 0.3) is 0 Å². The molecule has 0 spiro atoms. The molecule has 3 unspecified atom stereocenters. The topological polar surface area (TPSA) is 128 Å². The SMILES string of the molecule is CCC(C)N[C@@](Cc1ccc(OC(=O)C(C)CC)c(OC(=O)C(C)CC)c1)(OC(=O)CC(C)(C)C)C(=O)O.